The van der Waals surface area contributed by atoms with Gasteiger partial charge in [0.05, 0.1) is 42.5 Å². The zero-order valence-corrected chi connectivity index (χ0v) is 14.8. The minimum atomic E-state index is -0.379. The van der Waals surface area contributed by atoms with Crippen LogP contribution in [0.2, 0.25) is 0 Å². The highest BCUT2D eigenvalue weighted by Gasteiger charge is 2.31. The van der Waals surface area contributed by atoms with Gasteiger partial charge in [0.2, 0.25) is 0 Å². The Morgan fingerprint density at radius 3 is 2.89 bits per heavy atom. The van der Waals surface area contributed by atoms with E-state index in [0.29, 0.717) is 23.6 Å². The van der Waals surface area contributed by atoms with Gasteiger partial charge in [0, 0.05) is 22.7 Å². The van der Waals surface area contributed by atoms with Gasteiger partial charge < -0.3 is 4.74 Å². The molecule has 1 N–H and O–H groups in total. The molecule has 0 amide bonds. The fourth-order valence-electron chi connectivity index (χ4n) is 3.54. The van der Waals surface area contributed by atoms with Crippen LogP contribution in [0.15, 0.2) is 36.8 Å². The maximum atomic E-state index is 13.4. The fourth-order valence-corrected chi connectivity index (χ4v) is 3.54. The topological polar surface area (TPSA) is 81.5 Å². The molecule has 0 radical (unpaired) electrons. The molecule has 0 fully saturated rings. The van der Waals surface area contributed by atoms with Crippen LogP contribution in [0.3, 0.4) is 0 Å². The molecule has 0 saturated heterocycles. The summed E-state index contributed by atoms with van der Waals surface area (Å²) >= 11 is 0. The van der Waals surface area contributed by atoms with Crippen molar-refractivity contribution >= 4 is 11.0 Å². The molecule has 0 saturated carbocycles. The molecule has 4 aromatic rings. The van der Waals surface area contributed by atoms with Gasteiger partial charge in [0.25, 0.3) is 0 Å². The van der Waals surface area contributed by atoms with Gasteiger partial charge in [-0.1, -0.05) is 0 Å². The third-order valence-corrected chi connectivity index (χ3v) is 5.15. The summed E-state index contributed by atoms with van der Waals surface area (Å²) in [4.78, 5) is 8.58. The number of fused-ring (bicyclic) bond motifs is 2. The molecule has 4 aromatic heterocycles. The highest BCUT2D eigenvalue weighted by atomic mass is 19.1. The smallest absolute Gasteiger partial charge is 0.155 e. The molecule has 2 unspecified atom stereocenters. The zero-order chi connectivity index (χ0) is 18.5. The van der Waals surface area contributed by atoms with Crippen molar-refractivity contribution < 1.29 is 9.13 Å². The maximum absolute atomic E-state index is 13.4. The molecular formula is C19H17FN6O. The van der Waals surface area contributed by atoms with E-state index in [1.54, 1.807) is 18.5 Å². The predicted molar refractivity (Wildman–Crippen MR) is 97.3 cm³/mol. The first-order chi connectivity index (χ1) is 13.1. The van der Waals surface area contributed by atoms with Gasteiger partial charge in [0.15, 0.2) is 5.65 Å². The molecule has 1 aliphatic heterocycles. The molecule has 0 bridgehead atoms. The van der Waals surface area contributed by atoms with E-state index in [4.69, 9.17) is 9.84 Å². The number of nitrogens with zero attached hydrogens (tertiary/aromatic N) is 5. The van der Waals surface area contributed by atoms with Gasteiger partial charge in [-0.05, 0) is 32.0 Å². The number of pyridine rings is 2. The third kappa shape index (κ3) is 2.44. The quantitative estimate of drug-likeness (QED) is 0.589. The number of aromatic nitrogens is 6. The highest BCUT2D eigenvalue weighted by Crippen LogP contribution is 2.40. The highest BCUT2D eigenvalue weighted by molar-refractivity contribution is 5.97. The summed E-state index contributed by atoms with van der Waals surface area (Å²) in [5.74, 6) is -0.379. The van der Waals surface area contributed by atoms with Gasteiger partial charge in [-0.3, -0.25) is 14.8 Å². The molecule has 136 valence electrons. The summed E-state index contributed by atoms with van der Waals surface area (Å²) in [6.07, 6.45) is 4.74. The number of rotatable bonds is 2. The summed E-state index contributed by atoms with van der Waals surface area (Å²) in [6, 6.07) is 5.05. The van der Waals surface area contributed by atoms with Gasteiger partial charge in [0.1, 0.15) is 11.5 Å². The van der Waals surface area contributed by atoms with Crippen molar-refractivity contribution in [2.24, 2.45) is 0 Å². The molecule has 2 atom stereocenters. The lowest BCUT2D eigenvalue weighted by atomic mass is 9.99. The summed E-state index contributed by atoms with van der Waals surface area (Å²) in [5.41, 5.74) is 4.84. The Labute approximate surface area is 154 Å². The van der Waals surface area contributed by atoms with Crippen LogP contribution >= 0.6 is 0 Å². The average Bonchev–Trinajstić information content (AvgIpc) is 3.30. The monoisotopic (exact) mass is 364 g/mol. The molecule has 0 aliphatic carbocycles. The molecule has 0 spiro atoms. The molecule has 27 heavy (non-hydrogen) atoms. The third-order valence-electron chi connectivity index (χ3n) is 5.15. The van der Waals surface area contributed by atoms with Crippen molar-refractivity contribution in [3.8, 4) is 22.5 Å². The van der Waals surface area contributed by atoms with Gasteiger partial charge in [-0.15, -0.1) is 0 Å². The number of hydrogen-bond donors (Lipinski definition) is 1. The first-order valence-corrected chi connectivity index (χ1v) is 8.77. The van der Waals surface area contributed by atoms with Gasteiger partial charge >= 0.3 is 0 Å². The Kier molecular flexibility index (Phi) is 3.54. The minimum absolute atomic E-state index is 0.0469. The number of halogens is 1. The second-order valence-corrected chi connectivity index (χ2v) is 6.72. The van der Waals surface area contributed by atoms with Crippen molar-refractivity contribution in [2.45, 2.75) is 32.6 Å². The first-order valence-electron chi connectivity index (χ1n) is 8.77. The largest absolute Gasteiger partial charge is 0.370 e. The van der Waals surface area contributed by atoms with Crippen LogP contribution in [-0.4, -0.2) is 36.0 Å². The Balaban J connectivity index is 1.82. The number of hydrogen-bond acceptors (Lipinski definition) is 5. The summed E-state index contributed by atoms with van der Waals surface area (Å²) in [7, 11) is 0. The van der Waals surface area contributed by atoms with Crippen LogP contribution < -0.4 is 0 Å². The molecule has 1 aliphatic rings. The van der Waals surface area contributed by atoms with Crippen LogP contribution in [0, 0.1) is 5.82 Å². The fraction of sp³-hybridized carbons (Fsp3) is 0.263. The number of ether oxygens (including phenoxy) is 1. The van der Waals surface area contributed by atoms with Crippen LogP contribution in [0.5, 0.6) is 0 Å². The van der Waals surface area contributed by atoms with Gasteiger partial charge in [-0.2, -0.15) is 10.2 Å². The molecule has 8 heteroatoms. The standard InChI is InChI=1S/C19H17FN6O/c1-10-11(2)27-9-16-17(13-5-6-21-19-14(13)8-23-24-19)18(25-26(10)16)15-4-3-12(20)7-22-15/h3-8,10-11H,9H2,1-2H3,(H,21,23,24). The van der Waals surface area contributed by atoms with E-state index in [-0.39, 0.29) is 18.0 Å². The maximum Gasteiger partial charge on any atom is 0.155 e. The van der Waals surface area contributed by atoms with Crippen molar-refractivity contribution in [1.29, 1.82) is 0 Å². The lowest BCUT2D eigenvalue weighted by molar-refractivity contribution is -0.0101. The summed E-state index contributed by atoms with van der Waals surface area (Å²) in [5, 5.41) is 12.8. The predicted octanol–water partition coefficient (Wildman–Crippen LogP) is 3.50. The summed E-state index contributed by atoms with van der Waals surface area (Å²) in [6.45, 7) is 4.55. The molecule has 0 aromatic carbocycles. The normalized spacial score (nSPS) is 19.4. The van der Waals surface area contributed by atoms with E-state index >= 15 is 0 Å². The van der Waals surface area contributed by atoms with E-state index in [1.807, 2.05) is 17.7 Å². The van der Waals surface area contributed by atoms with Crippen molar-refractivity contribution in [1.82, 2.24) is 29.9 Å². The van der Waals surface area contributed by atoms with Crippen molar-refractivity contribution in [2.75, 3.05) is 0 Å². The molecule has 5 rings (SSSR count). The van der Waals surface area contributed by atoms with E-state index in [2.05, 4.69) is 27.1 Å². The van der Waals surface area contributed by atoms with Crippen LogP contribution in [0.1, 0.15) is 25.6 Å². The Hall–Kier alpha value is -3.13. The number of nitrogens with one attached hydrogen (secondary N) is 1. The van der Waals surface area contributed by atoms with Crippen molar-refractivity contribution in [3.63, 3.8) is 0 Å². The van der Waals surface area contributed by atoms with E-state index in [9.17, 15) is 4.39 Å². The summed E-state index contributed by atoms with van der Waals surface area (Å²) < 4.78 is 21.4. The molecule has 7 nitrogen and oxygen atoms in total. The SMILES string of the molecule is CC1OCc2c(-c3ccnc4[nH]ncc34)c(-c3ccc(F)cn3)nn2C1C. The molecule has 5 heterocycles. The Morgan fingerprint density at radius 1 is 1.19 bits per heavy atom. The first kappa shape index (κ1) is 16.1. The zero-order valence-electron chi connectivity index (χ0n) is 14.8. The lowest BCUT2D eigenvalue weighted by Gasteiger charge is -2.28. The second-order valence-electron chi connectivity index (χ2n) is 6.72. The minimum Gasteiger partial charge on any atom is -0.370 e. The second kappa shape index (κ2) is 5.95. The number of H-pyrrole nitrogens is 1. The Bertz CT molecular complexity index is 1130. The van der Waals surface area contributed by atoms with Crippen LogP contribution in [0.25, 0.3) is 33.5 Å². The van der Waals surface area contributed by atoms with Crippen LogP contribution in [0.4, 0.5) is 4.39 Å². The van der Waals surface area contributed by atoms with Crippen LogP contribution in [-0.2, 0) is 11.3 Å². The molecular weight excluding hydrogens is 347 g/mol. The van der Waals surface area contributed by atoms with Crippen molar-refractivity contribution in [3.05, 3.63) is 48.3 Å². The number of aromatic amines is 1. The van der Waals surface area contributed by atoms with E-state index in [0.717, 1.165) is 22.2 Å². The Morgan fingerprint density at radius 2 is 2.07 bits per heavy atom. The lowest BCUT2D eigenvalue weighted by Crippen LogP contribution is -2.29. The van der Waals surface area contributed by atoms with E-state index in [1.165, 1.54) is 12.3 Å². The van der Waals surface area contributed by atoms with E-state index < -0.39 is 0 Å². The average molecular weight is 364 g/mol. The van der Waals surface area contributed by atoms with Gasteiger partial charge in [-0.25, -0.2) is 9.37 Å².